The fourth-order valence-electron chi connectivity index (χ4n) is 5.48. The van der Waals surface area contributed by atoms with Gasteiger partial charge in [0.05, 0.1) is 5.52 Å². The minimum atomic E-state index is -0.224. The molecule has 1 amide bonds. The van der Waals surface area contributed by atoms with Crippen molar-refractivity contribution >= 4 is 16.8 Å². The molecule has 4 N–H and O–H groups in total. The molecule has 1 heterocycles. The summed E-state index contributed by atoms with van der Waals surface area (Å²) < 4.78 is 0. The van der Waals surface area contributed by atoms with Crippen molar-refractivity contribution in [2.75, 3.05) is 32.7 Å². The molecular formula is C31H42N4O3. The number of aromatic amines is 1. The summed E-state index contributed by atoms with van der Waals surface area (Å²) in [5.74, 6) is 0.334. The Morgan fingerprint density at radius 1 is 0.868 bits per heavy atom. The number of carbonyl (C=O) groups excluding carboxylic acids is 1. The van der Waals surface area contributed by atoms with Crippen LogP contribution in [-0.2, 0) is 17.6 Å². The number of benzene rings is 2. The highest BCUT2D eigenvalue weighted by Gasteiger charge is 2.23. The standard InChI is InChI=1S/C31H42N4O3/c36-28-14-12-25(27-13-15-29(37)34-31(27)28)17-20-33-22-23-35(26-10-6-1-2-7-11-26)30(38)18-21-32-19-16-24-8-4-3-5-9-24/h3-5,8-9,12-15,26,32-33,36H,1-2,6-7,10-11,16-23H2,(H,34,37). The van der Waals surface area contributed by atoms with Gasteiger partial charge in [0.2, 0.25) is 11.5 Å². The molecule has 1 aromatic heterocycles. The van der Waals surface area contributed by atoms with Gasteiger partial charge in [-0.25, -0.2) is 0 Å². The van der Waals surface area contributed by atoms with E-state index in [9.17, 15) is 14.7 Å². The van der Waals surface area contributed by atoms with Crippen LogP contribution in [0.2, 0.25) is 0 Å². The van der Waals surface area contributed by atoms with Crippen LogP contribution in [0.5, 0.6) is 5.75 Å². The third-order valence-electron chi connectivity index (χ3n) is 7.60. The van der Waals surface area contributed by atoms with Crippen LogP contribution in [0.25, 0.3) is 10.9 Å². The highest BCUT2D eigenvalue weighted by atomic mass is 16.3. The molecule has 0 unspecified atom stereocenters. The number of aromatic hydroxyl groups is 1. The first-order valence-corrected chi connectivity index (χ1v) is 14.2. The molecule has 0 bridgehead atoms. The molecule has 0 aliphatic heterocycles. The van der Waals surface area contributed by atoms with E-state index in [1.165, 1.54) is 37.3 Å². The zero-order chi connectivity index (χ0) is 26.6. The van der Waals surface area contributed by atoms with Gasteiger partial charge < -0.3 is 25.6 Å². The van der Waals surface area contributed by atoms with Crippen LogP contribution in [0.15, 0.2) is 59.4 Å². The predicted octanol–water partition coefficient (Wildman–Crippen LogP) is 4.14. The Morgan fingerprint density at radius 2 is 1.61 bits per heavy atom. The fraction of sp³-hybridized carbons (Fsp3) is 0.484. The summed E-state index contributed by atoms with van der Waals surface area (Å²) in [6.45, 7) is 3.81. The Labute approximate surface area is 225 Å². The average Bonchev–Trinajstić information content (AvgIpc) is 3.22. The quantitative estimate of drug-likeness (QED) is 0.201. The third kappa shape index (κ3) is 8.17. The number of hydrogen-bond donors (Lipinski definition) is 4. The summed E-state index contributed by atoms with van der Waals surface area (Å²) >= 11 is 0. The number of phenols is 1. The highest BCUT2D eigenvalue weighted by molar-refractivity contribution is 5.87. The molecular weight excluding hydrogens is 476 g/mol. The summed E-state index contributed by atoms with van der Waals surface area (Å²) in [6.07, 6.45) is 9.41. The highest BCUT2D eigenvalue weighted by Crippen LogP contribution is 2.25. The molecule has 0 saturated heterocycles. The van der Waals surface area contributed by atoms with Crippen LogP contribution in [0.1, 0.15) is 56.1 Å². The number of hydrogen-bond acceptors (Lipinski definition) is 5. The monoisotopic (exact) mass is 518 g/mol. The molecule has 38 heavy (non-hydrogen) atoms. The minimum absolute atomic E-state index is 0.0847. The second kappa shape index (κ2) is 14.7. The number of pyridine rings is 1. The number of rotatable bonds is 13. The SMILES string of the molecule is O=C(CCNCCc1ccccc1)N(CCNCCc1ccc(O)c2[nH]c(=O)ccc12)C1CCCCCC1. The van der Waals surface area contributed by atoms with Crippen molar-refractivity contribution < 1.29 is 9.90 Å². The van der Waals surface area contributed by atoms with Crippen molar-refractivity contribution in [3.05, 3.63) is 76.1 Å². The second-order valence-electron chi connectivity index (χ2n) is 10.3. The van der Waals surface area contributed by atoms with Gasteiger partial charge >= 0.3 is 0 Å². The number of amides is 1. The number of phenolic OH excluding ortho intramolecular Hbond substituents is 1. The van der Waals surface area contributed by atoms with Crippen LogP contribution >= 0.6 is 0 Å². The molecule has 7 nitrogen and oxygen atoms in total. The van der Waals surface area contributed by atoms with Gasteiger partial charge in [0.1, 0.15) is 5.75 Å². The van der Waals surface area contributed by atoms with E-state index in [4.69, 9.17) is 0 Å². The van der Waals surface area contributed by atoms with Gasteiger partial charge in [-0.3, -0.25) is 9.59 Å². The van der Waals surface area contributed by atoms with E-state index in [0.29, 0.717) is 24.5 Å². The van der Waals surface area contributed by atoms with Crippen molar-refractivity contribution in [1.29, 1.82) is 0 Å². The van der Waals surface area contributed by atoms with Crippen molar-refractivity contribution in [2.24, 2.45) is 0 Å². The lowest BCUT2D eigenvalue weighted by Crippen LogP contribution is -2.45. The van der Waals surface area contributed by atoms with E-state index in [-0.39, 0.29) is 17.2 Å². The fourth-order valence-corrected chi connectivity index (χ4v) is 5.48. The molecule has 7 heteroatoms. The minimum Gasteiger partial charge on any atom is -0.506 e. The summed E-state index contributed by atoms with van der Waals surface area (Å²) in [4.78, 5) is 29.8. The third-order valence-corrected chi connectivity index (χ3v) is 7.60. The van der Waals surface area contributed by atoms with Gasteiger partial charge in [0, 0.05) is 43.5 Å². The molecule has 1 saturated carbocycles. The first kappa shape index (κ1) is 27.9. The van der Waals surface area contributed by atoms with Crippen LogP contribution in [0.3, 0.4) is 0 Å². The number of aromatic nitrogens is 1. The molecule has 4 rings (SSSR count). The van der Waals surface area contributed by atoms with Crippen LogP contribution in [-0.4, -0.2) is 59.7 Å². The lowest BCUT2D eigenvalue weighted by molar-refractivity contribution is -0.133. The smallest absolute Gasteiger partial charge is 0.248 e. The molecule has 0 radical (unpaired) electrons. The van der Waals surface area contributed by atoms with Gasteiger partial charge in [-0.1, -0.05) is 62.1 Å². The molecule has 0 atom stereocenters. The van der Waals surface area contributed by atoms with E-state index < -0.39 is 0 Å². The zero-order valence-electron chi connectivity index (χ0n) is 22.4. The largest absolute Gasteiger partial charge is 0.506 e. The molecule has 2 aromatic carbocycles. The molecule has 3 aromatic rings. The topological polar surface area (TPSA) is 97.5 Å². The molecule has 204 valence electrons. The maximum Gasteiger partial charge on any atom is 0.248 e. The first-order valence-electron chi connectivity index (χ1n) is 14.2. The predicted molar refractivity (Wildman–Crippen MR) is 154 cm³/mol. The van der Waals surface area contributed by atoms with E-state index >= 15 is 0 Å². The van der Waals surface area contributed by atoms with Gasteiger partial charge in [0.15, 0.2) is 0 Å². The summed E-state index contributed by atoms with van der Waals surface area (Å²) in [5.41, 5.74) is 2.64. The normalized spacial score (nSPS) is 14.4. The number of H-pyrrole nitrogens is 1. The van der Waals surface area contributed by atoms with Crippen molar-refractivity contribution in [2.45, 2.75) is 63.8 Å². The van der Waals surface area contributed by atoms with Gasteiger partial charge in [-0.15, -0.1) is 0 Å². The van der Waals surface area contributed by atoms with Crippen LogP contribution in [0, 0.1) is 0 Å². The van der Waals surface area contributed by atoms with Gasteiger partial charge in [-0.2, -0.15) is 0 Å². The second-order valence-corrected chi connectivity index (χ2v) is 10.3. The zero-order valence-corrected chi connectivity index (χ0v) is 22.4. The first-order chi connectivity index (χ1) is 18.6. The van der Waals surface area contributed by atoms with Gasteiger partial charge in [0.25, 0.3) is 0 Å². The lowest BCUT2D eigenvalue weighted by atomic mass is 10.0. The van der Waals surface area contributed by atoms with Crippen molar-refractivity contribution in [1.82, 2.24) is 20.5 Å². The number of carbonyl (C=O) groups is 1. The van der Waals surface area contributed by atoms with Crippen molar-refractivity contribution in [3.8, 4) is 5.75 Å². The lowest BCUT2D eigenvalue weighted by Gasteiger charge is -2.32. The van der Waals surface area contributed by atoms with E-state index in [0.717, 1.165) is 62.8 Å². The average molecular weight is 519 g/mol. The molecule has 0 spiro atoms. The van der Waals surface area contributed by atoms with Gasteiger partial charge in [-0.05, 0) is 62.0 Å². The summed E-state index contributed by atoms with van der Waals surface area (Å²) in [5, 5.41) is 17.9. The Hall–Kier alpha value is -3.16. The van der Waals surface area contributed by atoms with E-state index in [1.54, 1.807) is 12.1 Å². The molecule has 1 aliphatic carbocycles. The number of nitrogens with zero attached hydrogens (tertiary/aromatic N) is 1. The van der Waals surface area contributed by atoms with Crippen LogP contribution < -0.4 is 16.2 Å². The Bertz CT molecular complexity index is 1200. The van der Waals surface area contributed by atoms with E-state index in [1.807, 2.05) is 12.1 Å². The van der Waals surface area contributed by atoms with E-state index in [2.05, 4.69) is 44.8 Å². The number of fused-ring (bicyclic) bond motifs is 1. The van der Waals surface area contributed by atoms with Crippen molar-refractivity contribution in [3.63, 3.8) is 0 Å². The number of nitrogens with one attached hydrogen (secondary N) is 3. The molecule has 1 fully saturated rings. The van der Waals surface area contributed by atoms with Crippen LogP contribution in [0.4, 0.5) is 0 Å². The molecule has 1 aliphatic rings. The Kier molecular flexibility index (Phi) is 10.8. The maximum absolute atomic E-state index is 13.3. The maximum atomic E-state index is 13.3. The summed E-state index contributed by atoms with van der Waals surface area (Å²) in [7, 11) is 0. The Balaban J connectivity index is 1.25. The summed E-state index contributed by atoms with van der Waals surface area (Å²) in [6, 6.07) is 17.6. The Morgan fingerprint density at radius 3 is 2.39 bits per heavy atom.